The smallest absolute Gasteiger partial charge is 0.304 e. The third-order valence-corrected chi connectivity index (χ3v) is 7.17. The molecular formula is C33H31F3N6O5. The van der Waals surface area contributed by atoms with Crippen molar-refractivity contribution in [3.63, 3.8) is 0 Å². The van der Waals surface area contributed by atoms with E-state index in [1.165, 1.54) is 65.4 Å². The molecule has 244 valence electrons. The Kier molecular flexibility index (Phi) is 10.6. The van der Waals surface area contributed by atoms with Crippen LogP contribution in [0.4, 0.5) is 24.5 Å². The highest BCUT2D eigenvalue weighted by molar-refractivity contribution is 6.13. The SMILES string of the molecule is CN(C)CCC(=O)O.COc1ccc(C(=O)Nc2cnn3c2C(=O)N(c2ccc(C(F)(F)c4ccc(F)cc4)cc2)CC3)cc1C#N. The average molecular weight is 649 g/mol. The number of aromatic nitrogens is 2. The third kappa shape index (κ3) is 7.95. The summed E-state index contributed by atoms with van der Waals surface area (Å²) in [6.07, 6.45) is 1.59. The van der Waals surface area contributed by atoms with Crippen LogP contribution in [0.1, 0.15) is 44.0 Å². The van der Waals surface area contributed by atoms with Gasteiger partial charge in [0.25, 0.3) is 17.7 Å². The Bertz CT molecular complexity index is 1800. The molecule has 1 aliphatic rings. The van der Waals surface area contributed by atoms with Crippen LogP contribution < -0.4 is 15.0 Å². The zero-order chi connectivity index (χ0) is 34.3. The molecule has 0 unspecified atom stereocenters. The topological polar surface area (TPSA) is 141 Å². The number of carbonyl (C=O) groups is 3. The van der Waals surface area contributed by atoms with E-state index < -0.39 is 29.5 Å². The number of carboxylic acids is 1. The Morgan fingerprint density at radius 2 is 1.70 bits per heavy atom. The second kappa shape index (κ2) is 14.6. The van der Waals surface area contributed by atoms with Gasteiger partial charge in [0.05, 0.1) is 37.5 Å². The number of rotatable bonds is 9. The summed E-state index contributed by atoms with van der Waals surface area (Å²) in [4.78, 5) is 39.4. The first-order chi connectivity index (χ1) is 22.3. The van der Waals surface area contributed by atoms with E-state index in [0.29, 0.717) is 24.5 Å². The maximum absolute atomic E-state index is 15.0. The minimum Gasteiger partial charge on any atom is -0.495 e. The Balaban J connectivity index is 0.000000555. The number of aliphatic carboxylic acids is 1. The van der Waals surface area contributed by atoms with Crippen LogP contribution >= 0.6 is 0 Å². The van der Waals surface area contributed by atoms with E-state index in [1.54, 1.807) is 0 Å². The molecule has 2 N–H and O–H groups in total. The number of hydrogen-bond donors (Lipinski definition) is 2. The highest BCUT2D eigenvalue weighted by atomic mass is 19.3. The van der Waals surface area contributed by atoms with Crippen molar-refractivity contribution in [1.29, 1.82) is 5.26 Å². The van der Waals surface area contributed by atoms with Crippen molar-refractivity contribution in [2.24, 2.45) is 0 Å². The molecule has 2 amide bonds. The molecule has 0 radical (unpaired) electrons. The van der Waals surface area contributed by atoms with E-state index in [1.807, 2.05) is 25.1 Å². The van der Waals surface area contributed by atoms with Gasteiger partial charge in [-0.05, 0) is 68.7 Å². The molecule has 0 saturated carbocycles. The van der Waals surface area contributed by atoms with Gasteiger partial charge >= 0.3 is 5.97 Å². The quantitative estimate of drug-likeness (QED) is 0.259. The molecule has 2 heterocycles. The minimum absolute atomic E-state index is 0.129. The maximum Gasteiger partial charge on any atom is 0.304 e. The number of methoxy groups -OCH3 is 1. The molecule has 47 heavy (non-hydrogen) atoms. The van der Waals surface area contributed by atoms with Crippen molar-refractivity contribution in [2.75, 3.05) is 44.5 Å². The number of benzene rings is 3. The molecule has 3 aromatic carbocycles. The number of alkyl halides is 2. The number of carboxylic acid groups (broad SMARTS) is 1. The number of nitrogens with zero attached hydrogens (tertiary/aromatic N) is 5. The molecule has 0 bridgehead atoms. The van der Waals surface area contributed by atoms with Gasteiger partial charge in [0.15, 0.2) is 0 Å². The fourth-order valence-corrected chi connectivity index (χ4v) is 4.67. The van der Waals surface area contributed by atoms with Crippen LogP contribution in [0.5, 0.6) is 5.75 Å². The van der Waals surface area contributed by atoms with Crippen molar-refractivity contribution < 1.29 is 37.4 Å². The van der Waals surface area contributed by atoms with Crippen LogP contribution in [-0.2, 0) is 17.3 Å². The number of hydrogen-bond acceptors (Lipinski definition) is 7. The van der Waals surface area contributed by atoms with Crippen LogP contribution in [0.2, 0.25) is 0 Å². The number of carbonyl (C=O) groups excluding carboxylic acids is 2. The first-order valence-corrected chi connectivity index (χ1v) is 14.2. The highest BCUT2D eigenvalue weighted by Crippen LogP contribution is 2.37. The molecule has 0 saturated heterocycles. The zero-order valence-corrected chi connectivity index (χ0v) is 25.7. The summed E-state index contributed by atoms with van der Waals surface area (Å²) in [5.74, 6) is -5.41. The van der Waals surface area contributed by atoms with Gasteiger partial charge in [0.2, 0.25) is 0 Å². The first-order valence-electron chi connectivity index (χ1n) is 14.2. The zero-order valence-electron chi connectivity index (χ0n) is 25.7. The second-order valence-corrected chi connectivity index (χ2v) is 10.6. The van der Waals surface area contributed by atoms with E-state index in [-0.39, 0.29) is 46.6 Å². The normalized spacial score (nSPS) is 12.5. The average Bonchev–Trinajstić information content (AvgIpc) is 3.47. The molecule has 0 atom stereocenters. The van der Waals surface area contributed by atoms with E-state index >= 15 is 0 Å². The predicted molar refractivity (Wildman–Crippen MR) is 166 cm³/mol. The number of ether oxygens (including phenoxy) is 1. The molecule has 14 heteroatoms. The van der Waals surface area contributed by atoms with E-state index in [2.05, 4.69) is 10.4 Å². The maximum atomic E-state index is 15.0. The second-order valence-electron chi connectivity index (χ2n) is 10.6. The van der Waals surface area contributed by atoms with Crippen LogP contribution in [0.25, 0.3) is 0 Å². The Hall–Kier alpha value is -5.68. The lowest BCUT2D eigenvalue weighted by molar-refractivity contribution is -0.137. The minimum atomic E-state index is -3.36. The van der Waals surface area contributed by atoms with Gasteiger partial charge in [-0.1, -0.05) is 12.1 Å². The molecule has 4 aromatic rings. The molecule has 0 fully saturated rings. The fraction of sp³-hybridized carbons (Fsp3) is 0.242. The van der Waals surface area contributed by atoms with Crippen LogP contribution in [-0.4, -0.2) is 71.9 Å². The van der Waals surface area contributed by atoms with E-state index in [4.69, 9.17) is 9.84 Å². The first kappa shape index (κ1) is 34.2. The summed E-state index contributed by atoms with van der Waals surface area (Å²) in [7, 11) is 5.11. The van der Waals surface area contributed by atoms with Gasteiger partial charge in [0.1, 0.15) is 23.3 Å². The molecule has 1 aliphatic heterocycles. The van der Waals surface area contributed by atoms with E-state index in [9.17, 15) is 32.8 Å². The van der Waals surface area contributed by atoms with Crippen LogP contribution in [0.15, 0.2) is 72.9 Å². The number of nitrogens with one attached hydrogen (secondary N) is 1. The lowest BCUT2D eigenvalue weighted by Crippen LogP contribution is -2.41. The summed E-state index contributed by atoms with van der Waals surface area (Å²) >= 11 is 0. The van der Waals surface area contributed by atoms with Gasteiger partial charge < -0.3 is 25.0 Å². The Morgan fingerprint density at radius 3 is 2.26 bits per heavy atom. The van der Waals surface area contributed by atoms with Gasteiger partial charge in [-0.25, -0.2) is 4.39 Å². The number of amides is 2. The highest BCUT2D eigenvalue weighted by Gasteiger charge is 2.35. The summed E-state index contributed by atoms with van der Waals surface area (Å²) in [5, 5.41) is 24.3. The van der Waals surface area contributed by atoms with Crippen LogP contribution in [0.3, 0.4) is 0 Å². The lowest BCUT2D eigenvalue weighted by atomic mass is 10.00. The molecule has 1 aromatic heterocycles. The van der Waals surface area contributed by atoms with Crippen molar-refractivity contribution in [2.45, 2.75) is 18.9 Å². The van der Waals surface area contributed by atoms with Gasteiger partial charge in [-0.2, -0.15) is 19.1 Å². The van der Waals surface area contributed by atoms with Gasteiger partial charge in [-0.3, -0.25) is 19.1 Å². The summed E-state index contributed by atoms with van der Waals surface area (Å²) in [6.45, 7) is 1.17. The molecule has 0 spiro atoms. The lowest BCUT2D eigenvalue weighted by Gasteiger charge is -2.28. The van der Waals surface area contributed by atoms with Crippen molar-refractivity contribution in [3.8, 4) is 11.8 Å². The Labute approximate surface area is 268 Å². The molecule has 0 aliphatic carbocycles. The third-order valence-electron chi connectivity index (χ3n) is 7.17. The van der Waals surface area contributed by atoms with Gasteiger partial charge in [-0.15, -0.1) is 0 Å². The number of halogens is 3. The molecular weight excluding hydrogens is 617 g/mol. The number of anilines is 2. The van der Waals surface area contributed by atoms with Crippen LogP contribution in [0, 0.1) is 17.1 Å². The molecule has 11 nitrogen and oxygen atoms in total. The molecule has 5 rings (SSSR count). The number of fused-ring (bicyclic) bond motifs is 1. The Morgan fingerprint density at radius 1 is 1.06 bits per heavy atom. The predicted octanol–water partition coefficient (Wildman–Crippen LogP) is 4.98. The fourth-order valence-electron chi connectivity index (χ4n) is 4.67. The van der Waals surface area contributed by atoms with Crippen molar-refractivity contribution in [1.82, 2.24) is 14.7 Å². The van der Waals surface area contributed by atoms with E-state index in [0.717, 1.165) is 24.3 Å². The van der Waals surface area contributed by atoms with Crippen molar-refractivity contribution in [3.05, 3.63) is 107 Å². The van der Waals surface area contributed by atoms with Crippen molar-refractivity contribution >= 4 is 29.2 Å². The summed E-state index contributed by atoms with van der Waals surface area (Å²) in [6, 6.07) is 15.6. The van der Waals surface area contributed by atoms with Gasteiger partial charge in [0, 0.05) is 35.5 Å². The summed E-state index contributed by atoms with van der Waals surface area (Å²) < 4.78 is 49.6. The summed E-state index contributed by atoms with van der Waals surface area (Å²) in [5.41, 5.74) is 0.387. The monoisotopic (exact) mass is 648 g/mol. The number of nitriles is 1. The largest absolute Gasteiger partial charge is 0.495 e. The standard InChI is InChI=1S/C28H20F3N5O3.C5H11NO2/c1-39-24-11-2-17(14-18(24)15-32)26(37)34-23-16-33-36-13-12-35(27(38)25(23)36)22-9-5-20(6-10-22)28(30,31)19-3-7-21(29)8-4-19;1-6(2)4-3-5(7)8/h2-11,14,16H,12-13H2,1H3,(H,34,37);3-4H2,1-2H3,(H,7,8).